The number of hydrogen-bond donors (Lipinski definition) is 5. The maximum Gasteiger partial charge on any atom is 0.266 e. The van der Waals surface area contributed by atoms with Crippen LogP contribution in [-0.2, 0) is 24.7 Å². The molecule has 206 valence electrons. The van der Waals surface area contributed by atoms with Gasteiger partial charge in [-0.25, -0.2) is 0 Å². The van der Waals surface area contributed by atoms with Crippen LogP contribution in [0.1, 0.15) is 32.8 Å². The molecule has 5 fully saturated rings. The number of piperazine rings is 1. The second-order valence-corrected chi connectivity index (χ2v) is 16.2. The summed E-state index contributed by atoms with van der Waals surface area (Å²) in [7, 11) is 2.82. The molecule has 8 aliphatic rings. The zero-order valence-electron chi connectivity index (χ0n) is 20.9. The van der Waals surface area contributed by atoms with Gasteiger partial charge in [0.25, 0.3) is 11.8 Å². The number of hydrogen-bond acceptors (Lipinski definition) is 12. The first-order valence-corrected chi connectivity index (χ1v) is 16.1. The molecule has 7 heterocycles. The smallest absolute Gasteiger partial charge is 0.266 e. The number of amides is 2. The Morgan fingerprint density at radius 3 is 2.31 bits per heavy atom. The fourth-order valence-electron chi connectivity index (χ4n) is 7.74. The van der Waals surface area contributed by atoms with E-state index in [2.05, 4.69) is 5.32 Å². The summed E-state index contributed by atoms with van der Waals surface area (Å²) < 4.78 is 6.03. The van der Waals surface area contributed by atoms with Crippen molar-refractivity contribution in [3.63, 3.8) is 0 Å². The van der Waals surface area contributed by atoms with E-state index in [1.54, 1.807) is 24.3 Å². The van der Waals surface area contributed by atoms with Crippen LogP contribution in [0.4, 0.5) is 5.69 Å². The van der Waals surface area contributed by atoms with E-state index in [4.69, 9.17) is 4.74 Å². The largest absolute Gasteiger partial charge is 0.494 e. The van der Waals surface area contributed by atoms with Gasteiger partial charge in [0.2, 0.25) is 9.74 Å². The van der Waals surface area contributed by atoms with E-state index >= 15 is 0 Å². The Kier molecular flexibility index (Phi) is 4.40. The normalized spacial score (nSPS) is 48.2. The first-order valence-electron chi connectivity index (χ1n) is 12.6. The standard InChI is InChI=1S/C25H25N3O8S3/c1-9-21(2,3)14-12(36-9)8-13-23(35,15(14)29)17(31)24-20(33)28-18-22(34,10-6-4-5-7-11(10)26-18)16(30)25(28,38-39-37-24)19(32)27(13)24/h4-7,9,13,16-18,26,30-31,34-35H,8H2,1-3H3/t9-,13-,16+,17+,18+,22+,23-,24+,25+/m1/s1. The second kappa shape index (κ2) is 6.92. The van der Waals surface area contributed by atoms with Crippen LogP contribution in [0.5, 0.6) is 0 Å². The Morgan fingerprint density at radius 1 is 0.974 bits per heavy atom. The number of rotatable bonds is 0. The molecule has 1 aromatic rings. The lowest BCUT2D eigenvalue weighted by atomic mass is 9.68. The van der Waals surface area contributed by atoms with E-state index in [0.29, 0.717) is 17.0 Å². The zero-order chi connectivity index (χ0) is 27.7. The number of nitrogens with zero attached hydrogens (tertiary/aromatic N) is 2. The second-order valence-electron chi connectivity index (χ2n) is 11.9. The van der Waals surface area contributed by atoms with Crippen LogP contribution in [0.15, 0.2) is 35.6 Å². The zero-order valence-corrected chi connectivity index (χ0v) is 23.4. The molecule has 9 atom stereocenters. The molecule has 0 saturated carbocycles. The van der Waals surface area contributed by atoms with Gasteiger partial charge < -0.3 is 35.4 Å². The maximum absolute atomic E-state index is 14.7. The van der Waals surface area contributed by atoms with Crippen molar-refractivity contribution in [3.05, 3.63) is 41.2 Å². The highest BCUT2D eigenvalue weighted by molar-refractivity contribution is 9.10. The molecule has 2 bridgehead atoms. The van der Waals surface area contributed by atoms with Gasteiger partial charge in [-0.05, 0) is 44.4 Å². The van der Waals surface area contributed by atoms with Gasteiger partial charge in [0, 0.05) is 28.7 Å². The molecule has 1 aliphatic carbocycles. The van der Waals surface area contributed by atoms with E-state index in [1.165, 1.54) is 0 Å². The van der Waals surface area contributed by atoms with Gasteiger partial charge in [-0.1, -0.05) is 32.0 Å². The molecule has 2 amide bonds. The van der Waals surface area contributed by atoms with Gasteiger partial charge in [0.05, 0.1) is 6.04 Å². The van der Waals surface area contributed by atoms with Gasteiger partial charge >= 0.3 is 0 Å². The summed E-state index contributed by atoms with van der Waals surface area (Å²) in [5.74, 6) is -1.97. The number of nitrogens with one attached hydrogen (secondary N) is 1. The minimum atomic E-state index is -2.47. The van der Waals surface area contributed by atoms with Crippen LogP contribution in [0.25, 0.3) is 0 Å². The number of ketones is 1. The molecule has 5 saturated heterocycles. The first-order chi connectivity index (χ1) is 18.3. The van der Waals surface area contributed by atoms with Crippen LogP contribution < -0.4 is 5.32 Å². The van der Waals surface area contributed by atoms with E-state index < -0.39 is 68.4 Å². The number of ether oxygens (including phenoxy) is 1. The first kappa shape index (κ1) is 24.8. The van der Waals surface area contributed by atoms with Crippen LogP contribution in [-0.4, -0.2) is 93.7 Å². The minimum Gasteiger partial charge on any atom is -0.494 e. The number of carbonyl (C=O) groups excluding carboxylic acids is 3. The Bertz CT molecular complexity index is 1470. The van der Waals surface area contributed by atoms with E-state index in [1.807, 2.05) is 20.8 Å². The number of benzene rings is 1. The lowest BCUT2D eigenvalue weighted by molar-refractivity contribution is -0.171. The molecule has 2 spiro atoms. The van der Waals surface area contributed by atoms with Crippen LogP contribution in [0, 0.1) is 5.41 Å². The number of para-hydroxylation sites is 1. The Morgan fingerprint density at radius 2 is 1.59 bits per heavy atom. The predicted molar refractivity (Wildman–Crippen MR) is 141 cm³/mol. The number of fused-ring (bicyclic) bond motifs is 6. The van der Waals surface area contributed by atoms with Crippen molar-refractivity contribution in [2.24, 2.45) is 5.41 Å². The van der Waals surface area contributed by atoms with Gasteiger partial charge in [-0.2, -0.15) is 0 Å². The van der Waals surface area contributed by atoms with Crippen molar-refractivity contribution in [3.8, 4) is 0 Å². The number of aliphatic hydroxyl groups is 4. The highest BCUT2D eigenvalue weighted by Crippen LogP contribution is 2.72. The molecule has 5 N–H and O–H groups in total. The number of Topliss-reactive ketones (excluding diaryl/α,β-unsaturated/α-hetero) is 1. The van der Waals surface area contributed by atoms with Crippen molar-refractivity contribution in [2.75, 3.05) is 5.32 Å². The van der Waals surface area contributed by atoms with Crippen LogP contribution in [0.3, 0.4) is 0 Å². The molecule has 0 aromatic heterocycles. The van der Waals surface area contributed by atoms with Crippen LogP contribution in [0.2, 0.25) is 0 Å². The van der Waals surface area contributed by atoms with Crippen molar-refractivity contribution < 1.29 is 39.5 Å². The summed E-state index contributed by atoms with van der Waals surface area (Å²) in [4.78, 5) is 41.5. The van der Waals surface area contributed by atoms with Crippen molar-refractivity contribution in [2.45, 2.75) is 78.7 Å². The summed E-state index contributed by atoms with van der Waals surface area (Å²) in [6.07, 6.45) is -5.44. The predicted octanol–water partition coefficient (Wildman–Crippen LogP) is 0.253. The van der Waals surface area contributed by atoms with E-state index in [-0.39, 0.29) is 18.1 Å². The summed E-state index contributed by atoms with van der Waals surface area (Å²) in [6.45, 7) is 5.45. The summed E-state index contributed by atoms with van der Waals surface area (Å²) in [6, 6.07) is 5.44. The quantitative estimate of drug-likeness (QED) is 0.262. The molecular weight excluding hydrogens is 566 g/mol. The average Bonchev–Trinajstić information content (AvgIpc) is 3.37. The molecule has 1 aromatic carbocycles. The molecule has 11 nitrogen and oxygen atoms in total. The topological polar surface area (TPSA) is 160 Å². The SMILES string of the molecule is C[C@H]1OC2=C(C(=O)[C@]3(O)[C@@H](C2)N2C(=O)[C@]45SSS[C@]2(C(=O)N4[C@@H]2Nc4ccccc4[C@]2(O)[C@@H]5O)[C@H]3O)C1(C)C. The third-order valence-electron chi connectivity index (χ3n) is 10.0. The average molecular weight is 592 g/mol. The lowest BCUT2D eigenvalue weighted by Gasteiger charge is -2.51. The summed E-state index contributed by atoms with van der Waals surface area (Å²) in [5.41, 5.74) is -4.16. The molecule has 7 aliphatic heterocycles. The summed E-state index contributed by atoms with van der Waals surface area (Å²) in [5, 5.41) is 50.9. The highest BCUT2D eigenvalue weighted by atomic mass is 33.5. The van der Waals surface area contributed by atoms with Crippen molar-refractivity contribution >= 4 is 54.7 Å². The molecule has 9 rings (SSSR count). The number of anilines is 1. The molecule has 14 heteroatoms. The fraction of sp³-hybridized carbons (Fsp3) is 0.560. The Hall–Kier alpha value is -1.94. The third kappa shape index (κ3) is 2.23. The molecule has 0 radical (unpaired) electrons. The monoisotopic (exact) mass is 591 g/mol. The molecule has 0 unspecified atom stereocenters. The van der Waals surface area contributed by atoms with Gasteiger partial charge in [-0.3, -0.25) is 19.3 Å². The minimum absolute atomic E-state index is 0.0833. The van der Waals surface area contributed by atoms with Crippen molar-refractivity contribution in [1.29, 1.82) is 0 Å². The third-order valence-corrected chi connectivity index (χ3v) is 15.0. The highest BCUT2D eigenvalue weighted by Gasteiger charge is 2.87. The maximum atomic E-state index is 14.7. The molecule has 39 heavy (non-hydrogen) atoms. The van der Waals surface area contributed by atoms with Gasteiger partial charge in [0.15, 0.2) is 17.0 Å². The Labute approximate surface area is 234 Å². The van der Waals surface area contributed by atoms with Crippen molar-refractivity contribution in [1.82, 2.24) is 9.80 Å². The fourth-order valence-corrected chi connectivity index (χ4v) is 13.8. The van der Waals surface area contributed by atoms with Gasteiger partial charge in [0.1, 0.15) is 30.2 Å². The number of aliphatic hydroxyl groups excluding tert-OH is 2. The summed E-state index contributed by atoms with van der Waals surface area (Å²) >= 11 is 0. The lowest BCUT2D eigenvalue weighted by Crippen LogP contribution is -2.76. The van der Waals surface area contributed by atoms with E-state index in [9.17, 15) is 34.8 Å². The van der Waals surface area contributed by atoms with Gasteiger partial charge in [-0.15, -0.1) is 0 Å². The number of carbonyl (C=O) groups is 3. The Balaban J connectivity index is 1.33. The molecular formula is C25H25N3O8S3. The van der Waals surface area contributed by atoms with E-state index in [0.717, 1.165) is 41.2 Å². The van der Waals surface area contributed by atoms with Crippen LogP contribution >= 0.6 is 31.4 Å².